The lowest BCUT2D eigenvalue weighted by Gasteiger charge is -2.15. The van der Waals surface area contributed by atoms with Gasteiger partial charge < -0.3 is 20.1 Å². The molecule has 0 fully saturated rings. The van der Waals surface area contributed by atoms with E-state index in [9.17, 15) is 13.2 Å². The van der Waals surface area contributed by atoms with Crippen LogP contribution in [0.3, 0.4) is 0 Å². The van der Waals surface area contributed by atoms with Crippen LogP contribution in [0.15, 0.2) is 54.7 Å². The van der Waals surface area contributed by atoms with Gasteiger partial charge in [-0.3, -0.25) is 0 Å². The summed E-state index contributed by atoms with van der Waals surface area (Å²) in [6.45, 7) is 6.10. The molecule has 2 aromatic carbocycles. The molecule has 0 unspecified atom stereocenters. The summed E-state index contributed by atoms with van der Waals surface area (Å²) in [5.41, 5.74) is 0.0528. The van der Waals surface area contributed by atoms with Gasteiger partial charge in [-0.1, -0.05) is 6.07 Å². The molecular formula is C22H23F3N4O2. The second-order valence-electron chi connectivity index (χ2n) is 6.86. The van der Waals surface area contributed by atoms with Crippen LogP contribution in [0.25, 0.3) is 0 Å². The van der Waals surface area contributed by atoms with Gasteiger partial charge in [-0.25, -0.2) is 4.98 Å². The van der Waals surface area contributed by atoms with Crippen LogP contribution in [0.4, 0.5) is 36.3 Å². The van der Waals surface area contributed by atoms with Crippen LogP contribution in [0.2, 0.25) is 0 Å². The third-order valence-corrected chi connectivity index (χ3v) is 3.98. The van der Waals surface area contributed by atoms with Crippen molar-refractivity contribution in [3.63, 3.8) is 0 Å². The van der Waals surface area contributed by atoms with E-state index in [2.05, 4.69) is 20.6 Å². The summed E-state index contributed by atoms with van der Waals surface area (Å²) in [4.78, 5) is 7.87. The molecule has 0 radical (unpaired) electrons. The highest BCUT2D eigenvalue weighted by Crippen LogP contribution is 2.35. The highest BCUT2D eigenvalue weighted by atomic mass is 19.4. The molecule has 0 aliphatic heterocycles. The van der Waals surface area contributed by atoms with Gasteiger partial charge in [0.15, 0.2) is 0 Å². The number of nitrogens with one attached hydrogen (secondary N) is 2. The lowest BCUT2D eigenvalue weighted by atomic mass is 10.2. The van der Waals surface area contributed by atoms with Crippen molar-refractivity contribution in [2.45, 2.75) is 33.1 Å². The minimum Gasteiger partial charge on any atom is -0.494 e. The predicted molar refractivity (Wildman–Crippen MR) is 113 cm³/mol. The molecule has 0 spiro atoms. The minimum absolute atomic E-state index is 0.0222. The zero-order valence-corrected chi connectivity index (χ0v) is 17.3. The van der Waals surface area contributed by atoms with E-state index >= 15 is 0 Å². The second-order valence-corrected chi connectivity index (χ2v) is 6.86. The first kappa shape index (κ1) is 22.2. The Balaban J connectivity index is 1.85. The van der Waals surface area contributed by atoms with Crippen LogP contribution in [0.5, 0.6) is 11.5 Å². The Bertz CT molecular complexity index is 1010. The average molecular weight is 432 g/mol. The smallest absolute Gasteiger partial charge is 0.421 e. The summed E-state index contributed by atoms with van der Waals surface area (Å²) in [5, 5.41) is 5.63. The Morgan fingerprint density at radius 1 is 0.968 bits per heavy atom. The highest BCUT2D eigenvalue weighted by Gasteiger charge is 2.35. The fourth-order valence-electron chi connectivity index (χ4n) is 2.73. The molecule has 3 aromatic rings. The number of nitrogens with zero attached hydrogens (tertiary/aromatic N) is 2. The third kappa shape index (κ3) is 6.24. The maximum atomic E-state index is 13.5. The monoisotopic (exact) mass is 432 g/mol. The Hall–Kier alpha value is -3.49. The summed E-state index contributed by atoms with van der Waals surface area (Å²) in [6.07, 6.45) is -3.83. The summed E-state index contributed by atoms with van der Waals surface area (Å²) < 4.78 is 51.4. The molecule has 164 valence electrons. The van der Waals surface area contributed by atoms with E-state index in [1.54, 1.807) is 48.5 Å². The number of hydrogen-bond donors (Lipinski definition) is 2. The minimum atomic E-state index is -4.62. The first-order valence-electron chi connectivity index (χ1n) is 9.72. The number of anilines is 4. The lowest BCUT2D eigenvalue weighted by molar-refractivity contribution is -0.137. The van der Waals surface area contributed by atoms with E-state index in [4.69, 9.17) is 9.47 Å². The van der Waals surface area contributed by atoms with Crippen LogP contribution in [-0.4, -0.2) is 22.7 Å². The number of alkyl halides is 3. The van der Waals surface area contributed by atoms with Crippen LogP contribution in [0, 0.1) is 0 Å². The molecule has 0 saturated heterocycles. The number of rotatable bonds is 8. The quantitative estimate of drug-likeness (QED) is 0.444. The largest absolute Gasteiger partial charge is 0.494 e. The van der Waals surface area contributed by atoms with Gasteiger partial charge in [0.2, 0.25) is 5.95 Å². The topological polar surface area (TPSA) is 68.3 Å². The summed E-state index contributed by atoms with van der Waals surface area (Å²) in [6, 6.07) is 13.6. The zero-order chi connectivity index (χ0) is 22.4. The van der Waals surface area contributed by atoms with Crippen molar-refractivity contribution in [2.24, 2.45) is 0 Å². The molecule has 0 bridgehead atoms. The van der Waals surface area contributed by atoms with Gasteiger partial charge >= 0.3 is 6.18 Å². The van der Waals surface area contributed by atoms with Crippen LogP contribution in [-0.2, 0) is 6.18 Å². The summed E-state index contributed by atoms with van der Waals surface area (Å²) in [7, 11) is 0. The Labute approximate surface area is 178 Å². The normalized spacial score (nSPS) is 11.3. The molecule has 0 aliphatic carbocycles. The fraction of sp³-hybridized carbons (Fsp3) is 0.273. The van der Waals surface area contributed by atoms with Crippen molar-refractivity contribution in [2.75, 3.05) is 17.2 Å². The van der Waals surface area contributed by atoms with Gasteiger partial charge in [0.25, 0.3) is 0 Å². The highest BCUT2D eigenvalue weighted by molar-refractivity contribution is 5.64. The van der Waals surface area contributed by atoms with E-state index < -0.39 is 11.7 Å². The van der Waals surface area contributed by atoms with Gasteiger partial charge in [-0.2, -0.15) is 18.2 Å². The third-order valence-electron chi connectivity index (χ3n) is 3.98. The van der Waals surface area contributed by atoms with Gasteiger partial charge in [-0.15, -0.1) is 0 Å². The summed E-state index contributed by atoms with van der Waals surface area (Å²) in [5.74, 6) is 0.884. The number of hydrogen-bond acceptors (Lipinski definition) is 6. The Morgan fingerprint density at radius 3 is 2.35 bits per heavy atom. The number of ether oxygens (including phenoxy) is 2. The van der Waals surface area contributed by atoms with Crippen molar-refractivity contribution in [1.29, 1.82) is 0 Å². The fourth-order valence-corrected chi connectivity index (χ4v) is 2.73. The second kappa shape index (κ2) is 9.55. The first-order valence-corrected chi connectivity index (χ1v) is 9.72. The molecule has 0 saturated carbocycles. The molecule has 1 aromatic heterocycles. The molecule has 3 rings (SSSR count). The van der Waals surface area contributed by atoms with Crippen molar-refractivity contribution in [3.05, 3.63) is 60.3 Å². The molecular weight excluding hydrogens is 409 g/mol. The van der Waals surface area contributed by atoms with E-state index in [1.165, 1.54) is 0 Å². The molecule has 6 nitrogen and oxygen atoms in total. The van der Waals surface area contributed by atoms with Crippen LogP contribution >= 0.6 is 0 Å². The average Bonchev–Trinajstić information content (AvgIpc) is 2.69. The maximum Gasteiger partial charge on any atom is 0.421 e. The summed E-state index contributed by atoms with van der Waals surface area (Å²) >= 11 is 0. The Morgan fingerprint density at radius 2 is 1.71 bits per heavy atom. The predicted octanol–water partition coefficient (Wildman–Crippen LogP) is 6.17. The molecule has 0 atom stereocenters. The molecule has 2 N–H and O–H groups in total. The van der Waals surface area contributed by atoms with E-state index in [0.717, 1.165) is 6.20 Å². The number of halogens is 3. The molecule has 0 aliphatic rings. The van der Waals surface area contributed by atoms with Crippen LogP contribution < -0.4 is 20.1 Å². The molecule has 31 heavy (non-hydrogen) atoms. The zero-order valence-electron chi connectivity index (χ0n) is 17.3. The van der Waals surface area contributed by atoms with Crippen molar-refractivity contribution in [1.82, 2.24) is 9.97 Å². The van der Waals surface area contributed by atoms with Gasteiger partial charge in [-0.05, 0) is 57.2 Å². The van der Waals surface area contributed by atoms with E-state index in [0.29, 0.717) is 29.5 Å². The lowest BCUT2D eigenvalue weighted by Crippen LogP contribution is -2.12. The Kier molecular flexibility index (Phi) is 6.84. The number of benzene rings is 2. The van der Waals surface area contributed by atoms with Gasteiger partial charge in [0.05, 0.1) is 12.7 Å². The first-order chi connectivity index (χ1) is 14.7. The molecule has 9 heteroatoms. The maximum absolute atomic E-state index is 13.5. The molecule has 1 heterocycles. The van der Waals surface area contributed by atoms with E-state index in [-0.39, 0.29) is 17.9 Å². The SMILES string of the molecule is CCOc1cccc(Nc2nc(Nc3ccc(OC(C)C)cc3)ncc2C(F)(F)F)c1. The van der Waals surface area contributed by atoms with Crippen molar-refractivity contribution >= 4 is 23.1 Å². The van der Waals surface area contributed by atoms with Crippen LogP contribution in [0.1, 0.15) is 26.3 Å². The standard InChI is InChI=1S/C22H23F3N4O2/c1-4-30-18-7-5-6-16(12-18)27-20-19(22(23,24)25)13-26-21(29-20)28-15-8-10-17(11-9-15)31-14(2)3/h5-14H,4H2,1-3H3,(H2,26,27,28,29). The van der Waals surface area contributed by atoms with Gasteiger partial charge in [0.1, 0.15) is 22.9 Å². The van der Waals surface area contributed by atoms with E-state index in [1.807, 2.05) is 20.8 Å². The number of aromatic nitrogens is 2. The molecule has 0 amide bonds. The van der Waals surface area contributed by atoms with Crippen molar-refractivity contribution in [3.8, 4) is 11.5 Å². The van der Waals surface area contributed by atoms with Crippen molar-refractivity contribution < 1.29 is 22.6 Å². The van der Waals surface area contributed by atoms with Gasteiger partial charge in [0, 0.05) is 23.6 Å².